The van der Waals surface area contributed by atoms with Gasteiger partial charge in [-0.15, -0.1) is 11.3 Å². The minimum absolute atomic E-state index is 0.333. The van der Waals surface area contributed by atoms with Crippen molar-refractivity contribution in [3.8, 4) is 17.0 Å². The van der Waals surface area contributed by atoms with E-state index in [2.05, 4.69) is 15.3 Å². The molecule has 7 heteroatoms. The number of thiazole rings is 1. The van der Waals surface area contributed by atoms with Crippen molar-refractivity contribution >= 4 is 33.8 Å². The monoisotopic (exact) mass is 335 g/mol. The molecule has 0 fully saturated rings. The smallest absolute Gasteiger partial charge is 0.187 e. The second kappa shape index (κ2) is 6.29. The number of halogens is 2. The van der Waals surface area contributed by atoms with Crippen LogP contribution in [0.25, 0.3) is 11.3 Å². The number of nitrogens with zero attached hydrogens (tertiary/aromatic N) is 2. The highest BCUT2D eigenvalue weighted by atomic mass is 35.5. The Morgan fingerprint density at radius 1 is 1.27 bits per heavy atom. The summed E-state index contributed by atoms with van der Waals surface area (Å²) < 4.78 is 18.7. The first-order valence-electron chi connectivity index (χ1n) is 6.34. The molecule has 2 aromatic heterocycles. The van der Waals surface area contributed by atoms with E-state index in [1.54, 1.807) is 31.5 Å². The summed E-state index contributed by atoms with van der Waals surface area (Å²) in [5, 5.41) is 6.06. The average molecular weight is 336 g/mol. The molecule has 3 aromatic rings. The second-order valence-electron chi connectivity index (χ2n) is 4.38. The molecule has 0 aliphatic carbocycles. The van der Waals surface area contributed by atoms with Crippen molar-refractivity contribution in [1.29, 1.82) is 0 Å². The molecule has 0 saturated heterocycles. The first-order valence-corrected chi connectivity index (χ1v) is 7.59. The van der Waals surface area contributed by atoms with E-state index in [1.807, 2.05) is 5.38 Å². The zero-order valence-corrected chi connectivity index (χ0v) is 13.1. The molecule has 22 heavy (non-hydrogen) atoms. The molecule has 0 unspecified atom stereocenters. The predicted molar refractivity (Wildman–Crippen MR) is 86.6 cm³/mol. The molecule has 0 radical (unpaired) electrons. The van der Waals surface area contributed by atoms with Gasteiger partial charge < -0.3 is 10.1 Å². The Morgan fingerprint density at radius 3 is 2.86 bits per heavy atom. The van der Waals surface area contributed by atoms with Crippen LogP contribution in [-0.2, 0) is 0 Å². The number of hydrogen-bond donors (Lipinski definition) is 1. The van der Waals surface area contributed by atoms with Crippen LogP contribution in [0.1, 0.15) is 0 Å². The molecule has 0 saturated carbocycles. The van der Waals surface area contributed by atoms with Gasteiger partial charge in [0.15, 0.2) is 5.13 Å². The first kappa shape index (κ1) is 14.7. The van der Waals surface area contributed by atoms with Crippen LogP contribution in [0, 0.1) is 5.82 Å². The molecule has 0 atom stereocenters. The Kier molecular flexibility index (Phi) is 4.22. The number of nitrogens with one attached hydrogen (secondary N) is 1. The summed E-state index contributed by atoms with van der Waals surface area (Å²) in [6.07, 6.45) is 1.62. The number of benzene rings is 1. The Bertz CT molecular complexity index is 792. The highest BCUT2D eigenvalue weighted by molar-refractivity contribution is 7.14. The van der Waals surface area contributed by atoms with Crippen LogP contribution in [0.15, 0.2) is 41.9 Å². The van der Waals surface area contributed by atoms with Gasteiger partial charge in [0, 0.05) is 10.9 Å². The number of ether oxygens (including phenoxy) is 1. The largest absolute Gasteiger partial charge is 0.496 e. The average Bonchev–Trinajstić information content (AvgIpc) is 2.98. The molecule has 1 aromatic carbocycles. The van der Waals surface area contributed by atoms with Crippen molar-refractivity contribution < 1.29 is 9.13 Å². The molecular formula is C15H11ClFN3OS. The molecule has 0 amide bonds. The molecule has 0 bridgehead atoms. The molecule has 0 aliphatic heterocycles. The second-order valence-corrected chi connectivity index (χ2v) is 5.62. The number of aromatic nitrogens is 2. The van der Waals surface area contributed by atoms with Gasteiger partial charge in [-0.25, -0.2) is 14.4 Å². The normalized spacial score (nSPS) is 10.5. The maximum absolute atomic E-state index is 13.4. The Hall–Kier alpha value is -2.18. The standard InChI is InChI=1S/C15H11ClFN3OS/c1-21-13-4-2-9(17)6-11(13)12-8-22-15(20-12)19-10-3-5-14(16)18-7-10/h2-8H,1H3,(H,19,20). The maximum Gasteiger partial charge on any atom is 0.187 e. The number of methoxy groups -OCH3 is 1. The van der Waals surface area contributed by atoms with Crippen LogP contribution in [0.3, 0.4) is 0 Å². The lowest BCUT2D eigenvalue weighted by Crippen LogP contribution is -1.92. The fourth-order valence-corrected chi connectivity index (χ4v) is 2.75. The van der Waals surface area contributed by atoms with Gasteiger partial charge in [0.2, 0.25) is 0 Å². The summed E-state index contributed by atoms with van der Waals surface area (Å²) in [6, 6.07) is 7.84. The quantitative estimate of drug-likeness (QED) is 0.699. The molecule has 1 N–H and O–H groups in total. The minimum atomic E-state index is -0.333. The molecule has 112 valence electrons. The van der Waals surface area contributed by atoms with Crippen LogP contribution in [0.4, 0.5) is 15.2 Å². The van der Waals surface area contributed by atoms with Crippen LogP contribution in [0.2, 0.25) is 5.15 Å². The lowest BCUT2D eigenvalue weighted by molar-refractivity contribution is 0.415. The van der Waals surface area contributed by atoms with Gasteiger partial charge in [0.05, 0.1) is 24.7 Å². The van der Waals surface area contributed by atoms with Crippen molar-refractivity contribution in [1.82, 2.24) is 9.97 Å². The topological polar surface area (TPSA) is 47.0 Å². The van der Waals surface area contributed by atoms with Gasteiger partial charge in [0.25, 0.3) is 0 Å². The Morgan fingerprint density at radius 2 is 2.14 bits per heavy atom. The highest BCUT2D eigenvalue weighted by Gasteiger charge is 2.11. The summed E-state index contributed by atoms with van der Waals surface area (Å²) in [5.41, 5.74) is 2.03. The predicted octanol–water partition coefficient (Wildman–Crippen LogP) is 4.75. The summed E-state index contributed by atoms with van der Waals surface area (Å²) in [4.78, 5) is 8.44. The fourth-order valence-electron chi connectivity index (χ4n) is 1.91. The van der Waals surface area contributed by atoms with E-state index in [4.69, 9.17) is 16.3 Å². The van der Waals surface area contributed by atoms with E-state index in [9.17, 15) is 4.39 Å². The van der Waals surface area contributed by atoms with Gasteiger partial charge in [-0.05, 0) is 30.3 Å². The van der Waals surface area contributed by atoms with Gasteiger partial charge in [-0.1, -0.05) is 11.6 Å². The van der Waals surface area contributed by atoms with Gasteiger partial charge in [-0.3, -0.25) is 0 Å². The van der Waals surface area contributed by atoms with E-state index in [1.165, 1.54) is 23.5 Å². The van der Waals surface area contributed by atoms with E-state index in [0.717, 1.165) is 5.69 Å². The van der Waals surface area contributed by atoms with E-state index in [0.29, 0.717) is 27.3 Å². The van der Waals surface area contributed by atoms with E-state index in [-0.39, 0.29) is 5.82 Å². The highest BCUT2D eigenvalue weighted by Crippen LogP contribution is 2.33. The number of hydrogen-bond acceptors (Lipinski definition) is 5. The number of rotatable bonds is 4. The van der Waals surface area contributed by atoms with Crippen LogP contribution in [0.5, 0.6) is 5.75 Å². The van der Waals surface area contributed by atoms with Crippen LogP contribution < -0.4 is 10.1 Å². The Labute approximate surface area is 135 Å². The minimum Gasteiger partial charge on any atom is -0.496 e. The van der Waals surface area contributed by atoms with Crippen molar-refractivity contribution in [2.75, 3.05) is 12.4 Å². The lowest BCUT2D eigenvalue weighted by Gasteiger charge is -2.06. The summed E-state index contributed by atoms with van der Waals surface area (Å²) in [7, 11) is 1.54. The van der Waals surface area contributed by atoms with Crippen LogP contribution >= 0.6 is 22.9 Å². The van der Waals surface area contributed by atoms with Gasteiger partial charge in [-0.2, -0.15) is 0 Å². The number of anilines is 2. The third-order valence-corrected chi connectivity index (χ3v) is 3.90. The third-order valence-electron chi connectivity index (χ3n) is 2.92. The van der Waals surface area contributed by atoms with Crippen molar-refractivity contribution in [3.63, 3.8) is 0 Å². The molecular weight excluding hydrogens is 325 g/mol. The fraction of sp³-hybridized carbons (Fsp3) is 0.0667. The maximum atomic E-state index is 13.4. The molecule has 2 heterocycles. The molecule has 4 nitrogen and oxygen atoms in total. The van der Waals surface area contributed by atoms with Gasteiger partial charge in [0.1, 0.15) is 16.7 Å². The zero-order chi connectivity index (χ0) is 15.5. The summed E-state index contributed by atoms with van der Waals surface area (Å²) >= 11 is 7.15. The van der Waals surface area contributed by atoms with Crippen molar-refractivity contribution in [2.45, 2.75) is 0 Å². The zero-order valence-electron chi connectivity index (χ0n) is 11.5. The molecule has 0 spiro atoms. The van der Waals surface area contributed by atoms with Crippen molar-refractivity contribution in [3.05, 3.63) is 52.9 Å². The Balaban J connectivity index is 1.87. The SMILES string of the molecule is COc1ccc(F)cc1-c1csc(Nc2ccc(Cl)nc2)n1. The van der Waals surface area contributed by atoms with E-state index >= 15 is 0 Å². The lowest BCUT2D eigenvalue weighted by atomic mass is 10.1. The summed E-state index contributed by atoms with van der Waals surface area (Å²) in [6.45, 7) is 0. The van der Waals surface area contributed by atoms with Crippen LogP contribution in [-0.4, -0.2) is 17.1 Å². The van der Waals surface area contributed by atoms with Gasteiger partial charge >= 0.3 is 0 Å². The molecule has 0 aliphatic rings. The van der Waals surface area contributed by atoms with Crippen molar-refractivity contribution in [2.24, 2.45) is 0 Å². The first-order chi connectivity index (χ1) is 10.7. The molecule has 3 rings (SSSR count). The third kappa shape index (κ3) is 3.18. The van der Waals surface area contributed by atoms with E-state index < -0.39 is 0 Å². The number of pyridine rings is 1. The summed E-state index contributed by atoms with van der Waals surface area (Å²) in [5.74, 6) is 0.242.